The highest BCUT2D eigenvalue weighted by molar-refractivity contribution is 7.47. The second-order valence-electron chi connectivity index (χ2n) is 30.8. The molecule has 3 N–H and O–H groups in total. The molecule has 0 fully saturated rings. The van der Waals surface area contributed by atoms with Crippen LogP contribution in [0.3, 0.4) is 0 Å². The van der Waals surface area contributed by atoms with Crippen LogP contribution in [0.1, 0.15) is 440 Å². The van der Waals surface area contributed by atoms with Gasteiger partial charge in [0.1, 0.15) is 19.3 Å². The second-order valence-corrected chi connectivity index (χ2v) is 33.7. The lowest BCUT2D eigenvalue weighted by Gasteiger charge is -2.21. The quantitative estimate of drug-likeness (QED) is 0.0222. The minimum absolute atomic E-state index is 0.107. The van der Waals surface area contributed by atoms with Crippen molar-refractivity contribution in [2.24, 2.45) is 11.8 Å². The molecule has 0 heterocycles. The van der Waals surface area contributed by atoms with Crippen molar-refractivity contribution in [3.05, 3.63) is 0 Å². The SMILES string of the molecule is CCCCCCCCCCCCCCCCCCCCCCCC(=O)O[C@H](COC(=O)CCCCCCCCCCCCCCCC(C)C)COP(=O)(O)OC[C@@H](O)COP(=O)(O)OC[C@@H](COC(=O)CCCCCCCCCCC)OC(=O)CCCCCCCCCCCCCCCC(C)C. The maximum atomic E-state index is 13.1. The molecule has 0 saturated carbocycles. The summed E-state index contributed by atoms with van der Waals surface area (Å²) in [4.78, 5) is 73.0. The molecule has 0 bridgehead atoms. The summed E-state index contributed by atoms with van der Waals surface area (Å²) in [6.07, 6.45) is 65.3. The summed E-state index contributed by atoms with van der Waals surface area (Å²) in [5.41, 5.74) is 0. The van der Waals surface area contributed by atoms with E-state index in [2.05, 4.69) is 41.5 Å². The number of phosphoric ester groups is 2. The van der Waals surface area contributed by atoms with Gasteiger partial charge in [0.25, 0.3) is 0 Å². The van der Waals surface area contributed by atoms with Gasteiger partial charge in [-0.2, -0.15) is 0 Å². The van der Waals surface area contributed by atoms with Crippen LogP contribution in [0, 0.1) is 11.8 Å². The second kappa shape index (κ2) is 74.5. The van der Waals surface area contributed by atoms with E-state index in [1.807, 2.05) is 0 Å². The minimum atomic E-state index is -4.96. The predicted molar refractivity (Wildman–Crippen MR) is 418 cm³/mol. The van der Waals surface area contributed by atoms with Gasteiger partial charge in [0.2, 0.25) is 0 Å². The van der Waals surface area contributed by atoms with E-state index in [-0.39, 0.29) is 25.7 Å². The Labute approximate surface area is 626 Å². The fourth-order valence-electron chi connectivity index (χ4n) is 12.9. The first kappa shape index (κ1) is 100. The number of rotatable bonds is 82. The van der Waals surface area contributed by atoms with Gasteiger partial charge in [0.15, 0.2) is 12.2 Å². The summed E-state index contributed by atoms with van der Waals surface area (Å²) in [5.74, 6) is -0.529. The smallest absolute Gasteiger partial charge is 0.462 e. The van der Waals surface area contributed by atoms with E-state index >= 15 is 0 Å². The van der Waals surface area contributed by atoms with Crippen LogP contribution in [-0.4, -0.2) is 96.7 Å². The number of hydrogen-bond acceptors (Lipinski definition) is 15. The van der Waals surface area contributed by atoms with E-state index in [9.17, 15) is 43.2 Å². The Hall–Kier alpha value is -1.94. The van der Waals surface area contributed by atoms with E-state index in [1.54, 1.807) is 0 Å². The number of aliphatic hydroxyl groups excluding tert-OH is 1. The van der Waals surface area contributed by atoms with Crippen molar-refractivity contribution < 1.29 is 80.2 Å². The van der Waals surface area contributed by atoms with E-state index < -0.39 is 97.5 Å². The molecule has 0 aliphatic heterocycles. The van der Waals surface area contributed by atoms with Crippen molar-refractivity contribution in [2.75, 3.05) is 39.6 Å². The van der Waals surface area contributed by atoms with Crippen LogP contribution >= 0.6 is 15.6 Å². The Morgan fingerprint density at radius 1 is 0.265 bits per heavy atom. The van der Waals surface area contributed by atoms with Gasteiger partial charge in [0.05, 0.1) is 26.4 Å². The number of carbonyl (C=O) groups excluding carboxylic acids is 4. The molecule has 17 nitrogen and oxygen atoms in total. The number of ether oxygens (including phenoxy) is 4. The molecule has 0 spiro atoms. The zero-order valence-corrected chi connectivity index (χ0v) is 68.7. The third-order valence-corrected chi connectivity index (χ3v) is 21.4. The van der Waals surface area contributed by atoms with Gasteiger partial charge >= 0.3 is 39.5 Å². The molecule has 5 atom stereocenters. The van der Waals surface area contributed by atoms with Gasteiger partial charge in [-0.1, -0.05) is 388 Å². The van der Waals surface area contributed by atoms with Crippen LogP contribution in [-0.2, 0) is 65.4 Å². The summed E-state index contributed by atoms with van der Waals surface area (Å²) in [5, 5.41) is 10.6. The summed E-state index contributed by atoms with van der Waals surface area (Å²) in [6, 6.07) is 0. The van der Waals surface area contributed by atoms with Gasteiger partial charge < -0.3 is 33.8 Å². The molecular formula is C83H162O17P2. The third-order valence-electron chi connectivity index (χ3n) is 19.5. The average Bonchev–Trinajstić information content (AvgIpc) is 0.927. The van der Waals surface area contributed by atoms with Gasteiger partial charge in [0, 0.05) is 25.7 Å². The van der Waals surface area contributed by atoms with Gasteiger partial charge in [-0.05, 0) is 37.5 Å². The van der Waals surface area contributed by atoms with Crippen molar-refractivity contribution in [3.63, 3.8) is 0 Å². The molecule has 0 aliphatic carbocycles. The molecular weight excluding hydrogens is 1330 g/mol. The maximum Gasteiger partial charge on any atom is 0.472 e. The summed E-state index contributed by atoms with van der Waals surface area (Å²) >= 11 is 0. The molecule has 606 valence electrons. The molecule has 0 amide bonds. The predicted octanol–water partition coefficient (Wildman–Crippen LogP) is 25.1. The number of esters is 4. The van der Waals surface area contributed by atoms with Crippen LogP contribution in [0.5, 0.6) is 0 Å². The average molecular weight is 1490 g/mol. The number of phosphoric acid groups is 2. The molecule has 19 heteroatoms. The van der Waals surface area contributed by atoms with E-state index in [1.165, 1.54) is 257 Å². The number of hydrogen-bond donors (Lipinski definition) is 3. The van der Waals surface area contributed by atoms with Gasteiger partial charge in [-0.15, -0.1) is 0 Å². The van der Waals surface area contributed by atoms with Crippen LogP contribution in [0.15, 0.2) is 0 Å². The monoisotopic (exact) mass is 1490 g/mol. The zero-order valence-electron chi connectivity index (χ0n) is 66.9. The normalized spacial score (nSPS) is 13.9. The van der Waals surface area contributed by atoms with Gasteiger partial charge in [-0.3, -0.25) is 37.3 Å². The van der Waals surface area contributed by atoms with E-state index in [0.29, 0.717) is 25.7 Å². The lowest BCUT2D eigenvalue weighted by molar-refractivity contribution is -0.161. The Balaban J connectivity index is 5.21. The molecule has 0 radical (unpaired) electrons. The number of unbranched alkanes of at least 4 members (excludes halogenated alkanes) is 52. The molecule has 0 aromatic heterocycles. The summed E-state index contributed by atoms with van der Waals surface area (Å²) < 4.78 is 68.8. The number of carbonyl (C=O) groups is 4. The lowest BCUT2D eigenvalue weighted by atomic mass is 10.0. The van der Waals surface area contributed by atoms with Gasteiger partial charge in [-0.25, -0.2) is 9.13 Å². The lowest BCUT2D eigenvalue weighted by Crippen LogP contribution is -2.30. The summed E-state index contributed by atoms with van der Waals surface area (Å²) in [7, 11) is -9.92. The van der Waals surface area contributed by atoms with Crippen LogP contribution < -0.4 is 0 Å². The zero-order chi connectivity index (χ0) is 74.9. The molecule has 2 unspecified atom stereocenters. The van der Waals surface area contributed by atoms with Crippen molar-refractivity contribution in [1.29, 1.82) is 0 Å². The van der Waals surface area contributed by atoms with Crippen molar-refractivity contribution >= 4 is 39.5 Å². The minimum Gasteiger partial charge on any atom is -0.462 e. The van der Waals surface area contributed by atoms with Crippen molar-refractivity contribution in [2.45, 2.75) is 458 Å². The molecule has 0 saturated heterocycles. The van der Waals surface area contributed by atoms with E-state index in [0.717, 1.165) is 102 Å². The Morgan fingerprint density at radius 3 is 0.667 bits per heavy atom. The molecule has 0 aliphatic rings. The molecule has 0 aromatic rings. The Morgan fingerprint density at radius 2 is 0.451 bits per heavy atom. The highest BCUT2D eigenvalue weighted by Crippen LogP contribution is 2.45. The Bertz CT molecular complexity index is 1960. The van der Waals surface area contributed by atoms with Crippen LogP contribution in [0.25, 0.3) is 0 Å². The first-order valence-electron chi connectivity index (χ1n) is 43.0. The Kier molecular flexibility index (Phi) is 73.1. The van der Waals surface area contributed by atoms with Crippen LogP contribution in [0.4, 0.5) is 0 Å². The molecule has 0 rings (SSSR count). The number of aliphatic hydroxyl groups is 1. The maximum absolute atomic E-state index is 13.1. The molecule has 0 aromatic carbocycles. The fourth-order valence-corrected chi connectivity index (χ4v) is 14.5. The summed E-state index contributed by atoms with van der Waals surface area (Å²) in [6.45, 7) is 9.67. The van der Waals surface area contributed by atoms with Crippen molar-refractivity contribution in [3.8, 4) is 0 Å². The standard InChI is InChI=1S/C83H162O17P2/c1-7-9-11-13-15-17-18-19-20-21-22-23-24-25-26-31-37-43-49-55-61-67-82(87)100-79(72-94-81(86)66-60-54-48-42-36-32-27-29-34-40-45-51-57-63-75(3)4)74-98-102(91,92)96-70-77(84)69-95-101(89,90)97-73-78(71-93-80(85)65-59-53-47-39-16-14-12-10-8-2)99-83(88)68-62-56-50-44-38-33-28-30-35-41-46-52-58-64-76(5)6/h75-79,84H,7-74H2,1-6H3,(H,89,90)(H,91,92)/t77-,78+,79+/m0/s1. The van der Waals surface area contributed by atoms with Crippen LogP contribution in [0.2, 0.25) is 0 Å². The largest absolute Gasteiger partial charge is 0.472 e. The highest BCUT2D eigenvalue weighted by Gasteiger charge is 2.30. The third kappa shape index (κ3) is 76.3. The fraction of sp³-hybridized carbons (Fsp3) is 0.952. The first-order valence-corrected chi connectivity index (χ1v) is 46.0. The van der Waals surface area contributed by atoms with E-state index in [4.69, 9.17) is 37.0 Å². The highest BCUT2D eigenvalue weighted by atomic mass is 31.2. The molecule has 102 heavy (non-hydrogen) atoms. The first-order chi connectivity index (χ1) is 49.4. The van der Waals surface area contributed by atoms with Crippen molar-refractivity contribution in [1.82, 2.24) is 0 Å². The topological polar surface area (TPSA) is 237 Å².